The lowest BCUT2D eigenvalue weighted by Gasteiger charge is -2.20. The molecule has 10 heteroatoms. The van der Waals surface area contributed by atoms with E-state index < -0.39 is 24.2 Å². The molecule has 3 aromatic heterocycles. The van der Waals surface area contributed by atoms with E-state index in [1.165, 1.54) is 18.3 Å². The van der Waals surface area contributed by atoms with Crippen molar-refractivity contribution in [2.75, 3.05) is 13.1 Å². The minimum atomic E-state index is -4.68. The molecule has 4 heterocycles. The number of nitrogens with zero attached hydrogens (tertiary/aromatic N) is 3. The van der Waals surface area contributed by atoms with Crippen LogP contribution in [0.25, 0.3) is 5.52 Å². The van der Waals surface area contributed by atoms with Crippen molar-refractivity contribution in [3.63, 3.8) is 0 Å². The summed E-state index contributed by atoms with van der Waals surface area (Å²) in [4.78, 5) is 21.6. The molecule has 2 unspecified atom stereocenters. The van der Waals surface area contributed by atoms with Crippen LogP contribution in [-0.2, 0) is 6.54 Å². The standard InChI is InChI=1S/C20H20F3N5O2/c21-20(22,23)18(13-4-3-7-24-10-13)26-19(30)17-15-5-1-2-8-28(15)16(25-17)12-27-9-6-14(29)11-27/h1-5,7-8,10,14,18,29H,6,9,11-12H2,(H,26,30)/p+1. The van der Waals surface area contributed by atoms with Gasteiger partial charge >= 0.3 is 6.18 Å². The summed E-state index contributed by atoms with van der Waals surface area (Å²) in [5.74, 6) is -0.215. The summed E-state index contributed by atoms with van der Waals surface area (Å²) in [6.45, 7) is 1.64. The highest BCUT2D eigenvalue weighted by molar-refractivity contribution is 5.98. The molecule has 3 N–H and O–H groups in total. The second-order valence-corrected chi connectivity index (χ2v) is 7.31. The molecule has 2 atom stereocenters. The third-order valence-electron chi connectivity index (χ3n) is 5.14. The molecule has 1 fully saturated rings. The SMILES string of the molecule is O=C(NC(c1cccnc1)C(F)(F)F)c1[nH]c(CN2CCC(O)C2)[n+]2ccccc12. The summed E-state index contributed by atoms with van der Waals surface area (Å²) in [5.41, 5.74) is 0.369. The first-order chi connectivity index (χ1) is 14.3. The number of fused-ring (bicyclic) bond motifs is 1. The van der Waals surface area contributed by atoms with Crippen molar-refractivity contribution >= 4 is 11.4 Å². The zero-order valence-corrected chi connectivity index (χ0v) is 15.9. The van der Waals surface area contributed by atoms with Gasteiger partial charge in [0, 0.05) is 31.0 Å². The van der Waals surface area contributed by atoms with E-state index >= 15 is 0 Å². The molecule has 1 amide bonds. The Hall–Kier alpha value is -2.98. The zero-order valence-electron chi connectivity index (χ0n) is 15.9. The molecular weight excluding hydrogens is 399 g/mol. The second-order valence-electron chi connectivity index (χ2n) is 7.31. The number of pyridine rings is 2. The van der Waals surface area contributed by atoms with Gasteiger partial charge in [0.2, 0.25) is 5.69 Å². The molecular formula is C20H21F3N5O2+. The van der Waals surface area contributed by atoms with Crippen LogP contribution >= 0.6 is 0 Å². The van der Waals surface area contributed by atoms with Crippen LogP contribution in [0.1, 0.15) is 34.3 Å². The van der Waals surface area contributed by atoms with Crippen LogP contribution in [0.3, 0.4) is 0 Å². The first-order valence-corrected chi connectivity index (χ1v) is 9.52. The quantitative estimate of drug-likeness (QED) is 0.549. The van der Waals surface area contributed by atoms with Crippen LogP contribution in [0.15, 0.2) is 48.9 Å². The van der Waals surface area contributed by atoms with Crippen LogP contribution in [-0.4, -0.2) is 51.3 Å². The number of aromatic nitrogens is 3. The third kappa shape index (κ3) is 4.14. The topological polar surface area (TPSA) is 85.3 Å². The molecule has 7 nitrogen and oxygen atoms in total. The summed E-state index contributed by atoms with van der Waals surface area (Å²) in [6, 6.07) is 5.65. The summed E-state index contributed by atoms with van der Waals surface area (Å²) >= 11 is 0. The fourth-order valence-electron chi connectivity index (χ4n) is 3.71. The van der Waals surface area contributed by atoms with E-state index in [9.17, 15) is 23.1 Å². The number of H-pyrrole nitrogens is 1. The summed E-state index contributed by atoms with van der Waals surface area (Å²) in [7, 11) is 0. The number of amides is 1. The van der Waals surface area contributed by atoms with Crippen LogP contribution in [0.4, 0.5) is 13.2 Å². The number of hydrogen-bond donors (Lipinski definition) is 3. The zero-order chi connectivity index (χ0) is 21.3. The lowest BCUT2D eigenvalue weighted by molar-refractivity contribution is -0.522. The number of likely N-dealkylation sites (tertiary alicyclic amines) is 1. The molecule has 4 rings (SSSR count). The smallest absolute Gasteiger partial charge is 0.392 e. The number of aliphatic hydroxyl groups is 1. The lowest BCUT2D eigenvalue weighted by atomic mass is 10.1. The number of nitrogens with one attached hydrogen (secondary N) is 2. The van der Waals surface area contributed by atoms with Crippen LogP contribution < -0.4 is 9.72 Å². The van der Waals surface area contributed by atoms with E-state index in [0.717, 1.165) is 6.20 Å². The van der Waals surface area contributed by atoms with E-state index in [2.05, 4.69) is 15.3 Å². The molecule has 0 aromatic carbocycles. The molecule has 0 saturated carbocycles. The largest absolute Gasteiger partial charge is 0.412 e. The molecule has 0 bridgehead atoms. The Labute approximate surface area is 170 Å². The van der Waals surface area contributed by atoms with Gasteiger partial charge in [-0.1, -0.05) is 12.1 Å². The molecule has 158 valence electrons. The highest BCUT2D eigenvalue weighted by atomic mass is 19.4. The van der Waals surface area contributed by atoms with Gasteiger partial charge in [-0.25, -0.2) is 4.98 Å². The molecule has 30 heavy (non-hydrogen) atoms. The molecule has 0 aliphatic carbocycles. The Balaban J connectivity index is 1.64. The Morgan fingerprint density at radius 3 is 2.87 bits per heavy atom. The maximum absolute atomic E-state index is 13.6. The minimum Gasteiger partial charge on any atom is -0.392 e. The van der Waals surface area contributed by atoms with E-state index in [1.807, 2.05) is 4.90 Å². The van der Waals surface area contributed by atoms with Crippen molar-refractivity contribution in [3.05, 3.63) is 66.0 Å². The molecule has 1 aliphatic rings. The van der Waals surface area contributed by atoms with Crippen molar-refractivity contribution < 1.29 is 27.5 Å². The maximum atomic E-state index is 13.6. The van der Waals surface area contributed by atoms with Crippen molar-refractivity contribution in [3.8, 4) is 0 Å². The lowest BCUT2D eigenvalue weighted by Crippen LogP contribution is -2.38. The maximum Gasteiger partial charge on any atom is 0.412 e. The third-order valence-corrected chi connectivity index (χ3v) is 5.14. The fourth-order valence-corrected chi connectivity index (χ4v) is 3.71. The number of carbonyl (C=O) groups excluding carboxylic acids is 1. The van der Waals surface area contributed by atoms with Gasteiger partial charge in [0.15, 0.2) is 11.6 Å². The first-order valence-electron chi connectivity index (χ1n) is 9.52. The number of halogens is 3. The monoisotopic (exact) mass is 420 g/mol. The summed E-state index contributed by atoms with van der Waals surface area (Å²) < 4.78 is 42.6. The van der Waals surface area contributed by atoms with Gasteiger partial charge < -0.3 is 10.4 Å². The van der Waals surface area contributed by atoms with Crippen LogP contribution in [0, 0.1) is 0 Å². The van der Waals surface area contributed by atoms with Gasteiger partial charge in [0.25, 0.3) is 11.7 Å². The molecule has 0 radical (unpaired) electrons. The van der Waals surface area contributed by atoms with E-state index in [1.54, 1.807) is 28.8 Å². The van der Waals surface area contributed by atoms with Gasteiger partial charge in [0.1, 0.15) is 6.54 Å². The van der Waals surface area contributed by atoms with Crippen molar-refractivity contribution in [2.45, 2.75) is 31.3 Å². The van der Waals surface area contributed by atoms with Gasteiger partial charge in [-0.15, -0.1) is 0 Å². The number of rotatable bonds is 5. The number of hydrogen-bond acceptors (Lipinski definition) is 4. The highest BCUT2D eigenvalue weighted by Crippen LogP contribution is 2.32. The number of aliphatic hydroxyl groups excluding tert-OH is 1. The first kappa shape index (κ1) is 20.3. The average Bonchev–Trinajstić information content (AvgIpc) is 3.30. The number of aromatic amines is 1. The number of β-amino-alcohol motifs (C(OH)–C–C–N with tert-alkyl or cyclic N) is 1. The van der Waals surface area contributed by atoms with Crippen molar-refractivity contribution in [1.82, 2.24) is 20.2 Å². The van der Waals surface area contributed by atoms with Gasteiger partial charge in [-0.2, -0.15) is 17.6 Å². The number of carbonyl (C=O) groups is 1. The molecule has 1 aliphatic heterocycles. The number of alkyl halides is 3. The van der Waals surface area contributed by atoms with Gasteiger partial charge in [0.05, 0.1) is 12.3 Å². The molecule has 0 spiro atoms. The molecule has 1 saturated heterocycles. The van der Waals surface area contributed by atoms with Gasteiger partial charge in [-0.05, 0) is 24.6 Å². The van der Waals surface area contributed by atoms with E-state index in [4.69, 9.17) is 0 Å². The Morgan fingerprint density at radius 2 is 2.20 bits per heavy atom. The normalized spacial score (nSPS) is 18.6. The van der Waals surface area contributed by atoms with E-state index in [-0.39, 0.29) is 11.3 Å². The summed E-state index contributed by atoms with van der Waals surface area (Å²) in [5, 5.41) is 11.8. The number of imidazole rings is 1. The molecule has 3 aromatic rings. The minimum absolute atomic E-state index is 0.0449. The van der Waals surface area contributed by atoms with Crippen molar-refractivity contribution in [1.29, 1.82) is 0 Å². The predicted octanol–water partition coefficient (Wildman–Crippen LogP) is 1.75. The Bertz CT molecular complexity index is 1040. The predicted molar refractivity (Wildman–Crippen MR) is 100 cm³/mol. The van der Waals surface area contributed by atoms with Crippen LogP contribution in [0.2, 0.25) is 0 Å². The highest BCUT2D eigenvalue weighted by Gasteiger charge is 2.43. The average molecular weight is 420 g/mol. The fraction of sp³-hybridized carbons (Fsp3) is 0.350. The Morgan fingerprint density at radius 1 is 1.37 bits per heavy atom. The summed E-state index contributed by atoms with van der Waals surface area (Å²) in [6.07, 6.45) is -0.213. The Kier molecular flexibility index (Phi) is 5.44. The van der Waals surface area contributed by atoms with E-state index in [0.29, 0.717) is 37.4 Å². The van der Waals surface area contributed by atoms with Gasteiger partial charge in [-0.3, -0.25) is 14.7 Å². The van der Waals surface area contributed by atoms with Crippen molar-refractivity contribution in [2.24, 2.45) is 0 Å². The van der Waals surface area contributed by atoms with Crippen LogP contribution in [0.5, 0.6) is 0 Å². The second kappa shape index (κ2) is 8.04.